The van der Waals surface area contributed by atoms with Gasteiger partial charge in [-0.3, -0.25) is 14.5 Å². The Labute approximate surface area is 167 Å². The van der Waals surface area contributed by atoms with Gasteiger partial charge in [0.05, 0.1) is 30.0 Å². The van der Waals surface area contributed by atoms with Crippen LogP contribution in [-0.4, -0.2) is 27.5 Å². The average molecular weight is 389 g/mol. The quantitative estimate of drug-likeness (QED) is 0.247. The molecule has 4 rings (SSSR count). The molecule has 2 aromatic heterocycles. The second-order valence-electron chi connectivity index (χ2n) is 6.42. The summed E-state index contributed by atoms with van der Waals surface area (Å²) in [5.74, 6) is 1.63. The Balaban J connectivity index is 1.33. The van der Waals surface area contributed by atoms with Gasteiger partial charge in [-0.25, -0.2) is 4.98 Å². The van der Waals surface area contributed by atoms with Crippen molar-refractivity contribution in [1.82, 2.24) is 9.38 Å². The minimum Gasteiger partial charge on any atom is -0.493 e. The molecule has 0 aliphatic carbocycles. The van der Waals surface area contributed by atoms with Crippen molar-refractivity contribution in [1.29, 1.82) is 0 Å². The number of imidazole rings is 1. The second-order valence-corrected chi connectivity index (χ2v) is 6.42. The van der Waals surface area contributed by atoms with E-state index in [1.165, 1.54) is 12.3 Å². The second kappa shape index (κ2) is 8.43. The fourth-order valence-corrected chi connectivity index (χ4v) is 2.90. The lowest BCUT2D eigenvalue weighted by Crippen LogP contribution is -2.04. The minimum atomic E-state index is -0.420. The van der Waals surface area contributed by atoms with Gasteiger partial charge < -0.3 is 9.47 Å². The van der Waals surface area contributed by atoms with Crippen LogP contribution in [0, 0.1) is 10.1 Å². The van der Waals surface area contributed by atoms with E-state index in [1.807, 2.05) is 54.6 Å². The van der Waals surface area contributed by atoms with Crippen LogP contribution in [0.1, 0.15) is 6.42 Å². The van der Waals surface area contributed by atoms with E-state index in [9.17, 15) is 10.1 Å². The van der Waals surface area contributed by atoms with Crippen molar-refractivity contribution in [3.05, 3.63) is 89.2 Å². The molecule has 29 heavy (non-hydrogen) atoms. The summed E-state index contributed by atoms with van der Waals surface area (Å²) in [7, 11) is 0. The standard InChI is InChI=1S/C22H19N3O4/c26-25(27)18-9-12-22-23-21(16-24(22)15-18)17-7-10-20(11-8-17)29-14-4-13-28-19-5-2-1-3-6-19/h1-3,5-12,15-16H,4,13-14H2. The molecule has 0 N–H and O–H groups in total. The van der Waals surface area contributed by atoms with Crippen LogP contribution in [0.3, 0.4) is 0 Å². The molecule has 0 unspecified atom stereocenters. The van der Waals surface area contributed by atoms with Gasteiger partial charge in [0.1, 0.15) is 17.1 Å². The van der Waals surface area contributed by atoms with E-state index in [2.05, 4.69) is 4.98 Å². The number of hydrogen-bond acceptors (Lipinski definition) is 5. The van der Waals surface area contributed by atoms with Crippen molar-refractivity contribution in [2.45, 2.75) is 6.42 Å². The van der Waals surface area contributed by atoms with Gasteiger partial charge in [0, 0.05) is 24.2 Å². The number of aromatic nitrogens is 2. The van der Waals surface area contributed by atoms with Crippen LogP contribution in [0.25, 0.3) is 16.9 Å². The summed E-state index contributed by atoms with van der Waals surface area (Å²) >= 11 is 0. The molecular weight excluding hydrogens is 370 g/mol. The average Bonchev–Trinajstić information content (AvgIpc) is 3.18. The van der Waals surface area contributed by atoms with Crippen LogP contribution >= 0.6 is 0 Å². The number of nitro groups is 1. The summed E-state index contributed by atoms with van der Waals surface area (Å²) < 4.78 is 13.1. The first-order chi connectivity index (χ1) is 14.2. The molecule has 0 spiro atoms. The van der Waals surface area contributed by atoms with Crippen molar-refractivity contribution in [3.8, 4) is 22.8 Å². The SMILES string of the molecule is O=[N+]([O-])c1ccc2nc(-c3ccc(OCCCOc4ccccc4)cc3)cn2c1. The molecule has 7 heteroatoms. The topological polar surface area (TPSA) is 78.9 Å². The molecule has 4 aromatic rings. The highest BCUT2D eigenvalue weighted by molar-refractivity contribution is 5.63. The third-order valence-electron chi connectivity index (χ3n) is 4.37. The zero-order valence-electron chi connectivity index (χ0n) is 15.6. The van der Waals surface area contributed by atoms with Crippen LogP contribution in [0.2, 0.25) is 0 Å². The molecule has 0 aliphatic heterocycles. The van der Waals surface area contributed by atoms with Crippen molar-refractivity contribution in [2.75, 3.05) is 13.2 Å². The molecule has 0 radical (unpaired) electrons. The molecule has 0 amide bonds. The Morgan fingerprint density at radius 2 is 1.55 bits per heavy atom. The Bertz CT molecular complexity index is 1110. The number of fused-ring (bicyclic) bond motifs is 1. The zero-order valence-corrected chi connectivity index (χ0v) is 15.6. The van der Waals surface area contributed by atoms with E-state index >= 15 is 0 Å². The summed E-state index contributed by atoms with van der Waals surface area (Å²) in [6.45, 7) is 1.15. The number of benzene rings is 2. The molecule has 0 saturated heterocycles. The zero-order chi connectivity index (χ0) is 20.1. The maximum Gasteiger partial charge on any atom is 0.286 e. The monoisotopic (exact) mass is 389 g/mol. The Kier molecular flexibility index (Phi) is 5.38. The largest absolute Gasteiger partial charge is 0.493 e. The number of pyridine rings is 1. The Morgan fingerprint density at radius 3 is 2.24 bits per heavy atom. The van der Waals surface area contributed by atoms with Gasteiger partial charge in [0.25, 0.3) is 5.69 Å². The summed E-state index contributed by atoms with van der Waals surface area (Å²) in [6, 6.07) is 20.4. The van der Waals surface area contributed by atoms with E-state index in [1.54, 1.807) is 16.7 Å². The molecule has 2 heterocycles. The first kappa shape index (κ1) is 18.5. The predicted octanol–water partition coefficient (Wildman–Crippen LogP) is 4.76. The van der Waals surface area contributed by atoms with Crippen LogP contribution in [0.5, 0.6) is 11.5 Å². The molecule has 146 valence electrons. The lowest BCUT2D eigenvalue weighted by atomic mass is 10.2. The fourth-order valence-electron chi connectivity index (χ4n) is 2.90. The first-order valence-corrected chi connectivity index (χ1v) is 9.23. The van der Waals surface area contributed by atoms with E-state index in [4.69, 9.17) is 9.47 Å². The maximum atomic E-state index is 10.9. The fraction of sp³-hybridized carbons (Fsp3) is 0.136. The van der Waals surface area contributed by atoms with Gasteiger partial charge in [-0.15, -0.1) is 0 Å². The van der Waals surface area contributed by atoms with Crippen LogP contribution < -0.4 is 9.47 Å². The number of para-hydroxylation sites is 1. The van der Waals surface area contributed by atoms with Gasteiger partial charge in [0.15, 0.2) is 0 Å². The van der Waals surface area contributed by atoms with Crippen LogP contribution in [0.15, 0.2) is 79.1 Å². The van der Waals surface area contributed by atoms with Crippen molar-refractivity contribution in [3.63, 3.8) is 0 Å². The van der Waals surface area contributed by atoms with Crippen LogP contribution in [0.4, 0.5) is 5.69 Å². The number of hydrogen-bond donors (Lipinski definition) is 0. The highest BCUT2D eigenvalue weighted by Gasteiger charge is 2.09. The molecule has 0 saturated carbocycles. The summed E-state index contributed by atoms with van der Waals surface area (Å²) in [5.41, 5.74) is 2.34. The number of rotatable bonds is 8. The predicted molar refractivity (Wildman–Crippen MR) is 109 cm³/mol. The van der Waals surface area contributed by atoms with Gasteiger partial charge in [-0.2, -0.15) is 0 Å². The summed E-state index contributed by atoms with van der Waals surface area (Å²) in [5, 5.41) is 10.9. The van der Waals surface area contributed by atoms with Gasteiger partial charge in [-0.05, 0) is 42.5 Å². The third kappa shape index (κ3) is 4.52. The van der Waals surface area contributed by atoms with Crippen LogP contribution in [-0.2, 0) is 0 Å². The molecule has 2 aromatic carbocycles. The van der Waals surface area contributed by atoms with Gasteiger partial charge in [0.2, 0.25) is 0 Å². The molecule has 7 nitrogen and oxygen atoms in total. The van der Waals surface area contributed by atoms with E-state index in [0.717, 1.165) is 29.2 Å². The Morgan fingerprint density at radius 1 is 0.862 bits per heavy atom. The van der Waals surface area contributed by atoms with Crippen molar-refractivity contribution < 1.29 is 14.4 Å². The number of ether oxygens (including phenoxy) is 2. The molecule has 0 atom stereocenters. The Hall–Kier alpha value is -3.87. The van der Waals surface area contributed by atoms with E-state index < -0.39 is 4.92 Å². The lowest BCUT2D eigenvalue weighted by molar-refractivity contribution is -0.385. The highest BCUT2D eigenvalue weighted by atomic mass is 16.6. The van der Waals surface area contributed by atoms with Crippen molar-refractivity contribution in [2.24, 2.45) is 0 Å². The van der Waals surface area contributed by atoms with E-state index in [0.29, 0.717) is 18.9 Å². The summed E-state index contributed by atoms with van der Waals surface area (Å²) in [6.07, 6.45) is 4.02. The van der Waals surface area contributed by atoms with Gasteiger partial charge in [-0.1, -0.05) is 18.2 Å². The highest BCUT2D eigenvalue weighted by Crippen LogP contribution is 2.23. The summed E-state index contributed by atoms with van der Waals surface area (Å²) in [4.78, 5) is 15.0. The smallest absolute Gasteiger partial charge is 0.286 e. The third-order valence-corrected chi connectivity index (χ3v) is 4.37. The van der Waals surface area contributed by atoms with Gasteiger partial charge >= 0.3 is 0 Å². The first-order valence-electron chi connectivity index (χ1n) is 9.23. The minimum absolute atomic E-state index is 0.0291. The normalized spacial score (nSPS) is 10.8. The molecular formula is C22H19N3O4. The lowest BCUT2D eigenvalue weighted by Gasteiger charge is -2.08. The van der Waals surface area contributed by atoms with Crippen molar-refractivity contribution >= 4 is 11.3 Å². The molecule has 0 aliphatic rings. The molecule has 0 bridgehead atoms. The number of nitrogens with zero attached hydrogens (tertiary/aromatic N) is 3. The maximum absolute atomic E-state index is 10.9. The van der Waals surface area contributed by atoms with E-state index in [-0.39, 0.29) is 5.69 Å². The molecule has 0 fully saturated rings.